The van der Waals surface area contributed by atoms with Crippen LogP contribution in [0.1, 0.15) is 48.6 Å². The van der Waals surface area contributed by atoms with Gasteiger partial charge in [-0.15, -0.1) is 0 Å². The number of carbonyl (C=O) groups is 1. The van der Waals surface area contributed by atoms with Gasteiger partial charge in [0, 0.05) is 17.5 Å². The largest absolute Gasteiger partial charge is 0.462 e. The Morgan fingerprint density at radius 2 is 1.77 bits per heavy atom. The van der Waals surface area contributed by atoms with E-state index in [1.807, 2.05) is 42.5 Å². The van der Waals surface area contributed by atoms with Crippen molar-refractivity contribution in [2.45, 2.75) is 32.8 Å². The summed E-state index contributed by atoms with van der Waals surface area (Å²) in [6.07, 6.45) is 0.922. The fourth-order valence-electron chi connectivity index (χ4n) is 4.25. The zero-order valence-corrected chi connectivity index (χ0v) is 18.3. The van der Waals surface area contributed by atoms with Gasteiger partial charge in [-0.3, -0.25) is 4.79 Å². The van der Waals surface area contributed by atoms with E-state index in [0.717, 1.165) is 50.7 Å². The highest BCUT2D eigenvalue weighted by atomic mass is 32.1. The standard InChI is InChI=1S/C26H25NO2S/c1-4-17-19(22(30)5-2)13-9-14-20(17)23-24(28)25(29-26(23)27-3)21-15-8-11-16-10-6-7-12-18(16)21/h6-15,25,27H,4-5H2,1-3H3. The van der Waals surface area contributed by atoms with Crippen LogP contribution in [0, 0.1) is 0 Å². The number of rotatable bonds is 6. The van der Waals surface area contributed by atoms with E-state index in [4.69, 9.17) is 17.0 Å². The Morgan fingerprint density at radius 3 is 2.50 bits per heavy atom. The molecule has 0 radical (unpaired) electrons. The maximum atomic E-state index is 13.7. The van der Waals surface area contributed by atoms with Crippen LogP contribution in [0.2, 0.25) is 0 Å². The molecule has 152 valence electrons. The van der Waals surface area contributed by atoms with Gasteiger partial charge in [0.05, 0.1) is 5.57 Å². The Kier molecular flexibility index (Phi) is 5.69. The number of ketones is 1. The number of carbonyl (C=O) groups excluding carboxylic acids is 1. The highest BCUT2D eigenvalue weighted by molar-refractivity contribution is 7.80. The van der Waals surface area contributed by atoms with Crippen molar-refractivity contribution in [3.63, 3.8) is 0 Å². The van der Waals surface area contributed by atoms with Crippen molar-refractivity contribution in [2.75, 3.05) is 7.05 Å². The molecule has 1 atom stereocenters. The number of Topliss-reactive ketones (excluding diaryl/α,β-unsaturated/α-hetero) is 1. The molecule has 1 unspecified atom stereocenters. The third-order valence-electron chi connectivity index (χ3n) is 5.70. The van der Waals surface area contributed by atoms with Gasteiger partial charge in [0.1, 0.15) is 0 Å². The van der Waals surface area contributed by atoms with Crippen molar-refractivity contribution >= 4 is 39.2 Å². The number of hydrogen-bond acceptors (Lipinski definition) is 4. The highest BCUT2D eigenvalue weighted by Crippen LogP contribution is 2.41. The van der Waals surface area contributed by atoms with Gasteiger partial charge in [0.15, 0.2) is 12.0 Å². The summed E-state index contributed by atoms with van der Waals surface area (Å²) in [7, 11) is 1.79. The molecule has 30 heavy (non-hydrogen) atoms. The third kappa shape index (κ3) is 3.31. The second-order valence-electron chi connectivity index (χ2n) is 7.35. The topological polar surface area (TPSA) is 38.3 Å². The van der Waals surface area contributed by atoms with E-state index in [1.165, 1.54) is 0 Å². The Bertz CT molecular complexity index is 1170. The normalized spacial score (nSPS) is 16.1. The van der Waals surface area contributed by atoms with Crippen LogP contribution in [0.5, 0.6) is 0 Å². The Morgan fingerprint density at radius 1 is 1.03 bits per heavy atom. The first-order chi connectivity index (χ1) is 14.6. The monoisotopic (exact) mass is 415 g/mol. The summed E-state index contributed by atoms with van der Waals surface area (Å²) < 4.78 is 6.20. The van der Waals surface area contributed by atoms with Crippen molar-refractivity contribution < 1.29 is 9.53 Å². The maximum absolute atomic E-state index is 13.7. The number of benzene rings is 3. The summed E-state index contributed by atoms with van der Waals surface area (Å²) >= 11 is 5.60. The highest BCUT2D eigenvalue weighted by Gasteiger charge is 2.38. The lowest BCUT2D eigenvalue weighted by Gasteiger charge is -2.15. The summed E-state index contributed by atoms with van der Waals surface area (Å²) in [4.78, 5) is 14.6. The molecule has 3 nitrogen and oxygen atoms in total. The van der Waals surface area contributed by atoms with Crippen molar-refractivity contribution in [3.8, 4) is 0 Å². The molecule has 0 saturated carbocycles. The first-order valence-corrected chi connectivity index (χ1v) is 10.8. The molecule has 4 rings (SSSR count). The van der Waals surface area contributed by atoms with Crippen molar-refractivity contribution in [3.05, 3.63) is 88.8 Å². The number of fused-ring (bicyclic) bond motifs is 1. The molecule has 0 aliphatic carbocycles. The van der Waals surface area contributed by atoms with Crippen LogP contribution in [0.15, 0.2) is 66.5 Å². The average Bonchev–Trinajstić information content (AvgIpc) is 3.13. The number of thiocarbonyl (C=S) groups is 1. The van der Waals surface area contributed by atoms with E-state index < -0.39 is 6.10 Å². The lowest BCUT2D eigenvalue weighted by Crippen LogP contribution is -2.12. The molecule has 0 fully saturated rings. The van der Waals surface area contributed by atoms with Crippen LogP contribution in [0.4, 0.5) is 0 Å². The molecular formula is C26H25NO2S. The van der Waals surface area contributed by atoms with Crippen molar-refractivity contribution in [1.82, 2.24) is 5.32 Å². The molecule has 0 bridgehead atoms. The minimum absolute atomic E-state index is 0.0232. The molecule has 1 aliphatic rings. The zero-order valence-electron chi connectivity index (χ0n) is 17.5. The smallest absolute Gasteiger partial charge is 0.213 e. The number of nitrogens with one attached hydrogen (secondary N) is 1. The van der Waals surface area contributed by atoms with Gasteiger partial charge in [-0.2, -0.15) is 0 Å². The van der Waals surface area contributed by atoms with Crippen LogP contribution in [-0.2, 0) is 16.0 Å². The lowest BCUT2D eigenvalue weighted by atomic mass is 9.88. The fourth-order valence-corrected chi connectivity index (χ4v) is 4.44. The summed E-state index contributed by atoms with van der Waals surface area (Å²) in [5, 5.41) is 5.24. The maximum Gasteiger partial charge on any atom is 0.213 e. The summed E-state index contributed by atoms with van der Waals surface area (Å²) in [5.41, 5.74) is 4.55. The van der Waals surface area contributed by atoms with E-state index in [-0.39, 0.29) is 5.78 Å². The molecule has 0 spiro atoms. The van der Waals surface area contributed by atoms with Gasteiger partial charge in [0.25, 0.3) is 0 Å². The van der Waals surface area contributed by atoms with E-state index in [1.54, 1.807) is 7.05 Å². The third-order valence-corrected chi connectivity index (χ3v) is 6.21. The molecule has 1 heterocycles. The van der Waals surface area contributed by atoms with Gasteiger partial charge in [0.2, 0.25) is 5.78 Å². The van der Waals surface area contributed by atoms with Crippen molar-refractivity contribution in [1.29, 1.82) is 0 Å². The Labute approximate surface area is 182 Å². The molecule has 4 heteroatoms. The van der Waals surface area contributed by atoms with Gasteiger partial charge < -0.3 is 10.1 Å². The molecular weight excluding hydrogens is 390 g/mol. The SMILES string of the molecule is CCC(=S)c1cccc(C2=C(NC)OC(c3cccc4ccccc34)C2=O)c1CC. The minimum Gasteiger partial charge on any atom is -0.462 e. The second kappa shape index (κ2) is 8.41. The summed E-state index contributed by atoms with van der Waals surface area (Å²) in [5.74, 6) is 0.497. The lowest BCUT2D eigenvalue weighted by molar-refractivity contribution is -0.120. The van der Waals surface area contributed by atoms with Gasteiger partial charge in [-0.1, -0.05) is 86.7 Å². The molecule has 0 amide bonds. The molecule has 0 aromatic heterocycles. The molecule has 3 aromatic carbocycles. The van der Waals surface area contributed by atoms with Crippen LogP contribution >= 0.6 is 12.2 Å². The predicted octanol–water partition coefficient (Wildman–Crippen LogP) is 5.76. The van der Waals surface area contributed by atoms with E-state index in [2.05, 4.69) is 37.4 Å². The summed E-state index contributed by atoms with van der Waals surface area (Å²) in [6, 6.07) is 20.1. The molecule has 3 aromatic rings. The van der Waals surface area contributed by atoms with Gasteiger partial charge in [-0.25, -0.2) is 0 Å². The fraction of sp³-hybridized carbons (Fsp3) is 0.231. The second-order valence-corrected chi connectivity index (χ2v) is 7.84. The number of ether oxygens (including phenoxy) is 1. The van der Waals surface area contributed by atoms with Gasteiger partial charge in [-0.05, 0) is 40.3 Å². The first kappa shape index (κ1) is 20.3. The summed E-state index contributed by atoms with van der Waals surface area (Å²) in [6.45, 7) is 4.16. The number of hydrogen-bond donors (Lipinski definition) is 1. The van der Waals surface area contributed by atoms with Crippen molar-refractivity contribution in [2.24, 2.45) is 0 Å². The Hall–Kier alpha value is -2.98. The van der Waals surface area contributed by atoms with E-state index in [0.29, 0.717) is 11.5 Å². The molecule has 1 aliphatic heterocycles. The van der Waals surface area contributed by atoms with Gasteiger partial charge >= 0.3 is 0 Å². The minimum atomic E-state index is -0.667. The molecule has 1 N–H and O–H groups in total. The van der Waals surface area contributed by atoms with E-state index in [9.17, 15) is 4.79 Å². The van der Waals surface area contributed by atoms with E-state index >= 15 is 0 Å². The van der Waals surface area contributed by atoms with Crippen LogP contribution in [0.3, 0.4) is 0 Å². The average molecular weight is 416 g/mol. The van der Waals surface area contributed by atoms with Crippen LogP contribution in [-0.4, -0.2) is 17.7 Å². The predicted molar refractivity (Wildman–Crippen MR) is 127 cm³/mol. The zero-order chi connectivity index (χ0) is 21.3. The molecule has 0 saturated heterocycles. The van der Waals surface area contributed by atoms with Crippen LogP contribution < -0.4 is 5.32 Å². The quantitative estimate of drug-likeness (QED) is 0.410. The van der Waals surface area contributed by atoms with Crippen LogP contribution in [0.25, 0.3) is 16.3 Å². The first-order valence-electron chi connectivity index (χ1n) is 10.4. The Balaban J connectivity index is 1.84.